The van der Waals surface area contributed by atoms with E-state index >= 15 is 0 Å². The molecule has 5 nitrogen and oxygen atoms in total. The number of primary amides is 1. The van der Waals surface area contributed by atoms with E-state index in [9.17, 15) is 9.59 Å². The summed E-state index contributed by atoms with van der Waals surface area (Å²) in [5.41, 5.74) is 5.90. The van der Waals surface area contributed by atoms with Crippen LogP contribution in [-0.4, -0.2) is 30.2 Å². The van der Waals surface area contributed by atoms with Gasteiger partial charge in [0.15, 0.2) is 0 Å². The molecule has 1 aromatic rings. The highest BCUT2D eigenvalue weighted by atomic mass is 35.5. The molecule has 1 atom stereocenters. The van der Waals surface area contributed by atoms with E-state index in [-0.39, 0.29) is 30.0 Å². The summed E-state index contributed by atoms with van der Waals surface area (Å²) in [6, 6.07) is 7.93. The molecule has 1 aliphatic heterocycles. The first-order chi connectivity index (χ1) is 10.1. The van der Waals surface area contributed by atoms with E-state index in [4.69, 9.17) is 5.73 Å². The van der Waals surface area contributed by atoms with Gasteiger partial charge in [0.05, 0.1) is 11.4 Å². The Bertz CT molecular complexity index is 507. The van der Waals surface area contributed by atoms with Crippen LogP contribution in [0.2, 0.25) is 0 Å². The average molecular weight is 344 g/mol. The number of carbonyl (C=O) groups is 2. The summed E-state index contributed by atoms with van der Waals surface area (Å²) in [5.74, 6) is -0.150. The zero-order chi connectivity index (χ0) is 15.1. The number of amides is 2. The van der Waals surface area contributed by atoms with Gasteiger partial charge in [-0.15, -0.1) is 24.2 Å². The number of nitrogens with two attached hydrogens (primary N) is 1. The fourth-order valence-electron chi connectivity index (χ4n) is 2.37. The highest BCUT2D eigenvalue weighted by molar-refractivity contribution is 8.00. The van der Waals surface area contributed by atoms with Gasteiger partial charge in [0.25, 0.3) is 0 Å². The van der Waals surface area contributed by atoms with Crippen molar-refractivity contribution in [3.05, 3.63) is 24.3 Å². The zero-order valence-electron chi connectivity index (χ0n) is 12.3. The van der Waals surface area contributed by atoms with Crippen LogP contribution in [0.4, 0.5) is 5.69 Å². The fraction of sp³-hybridized carbons (Fsp3) is 0.467. The minimum absolute atomic E-state index is 0. The number of benzene rings is 1. The van der Waals surface area contributed by atoms with Gasteiger partial charge in [-0.1, -0.05) is 12.1 Å². The summed E-state index contributed by atoms with van der Waals surface area (Å²) in [4.78, 5) is 23.7. The highest BCUT2D eigenvalue weighted by Gasteiger charge is 2.15. The second-order valence-electron chi connectivity index (χ2n) is 5.13. The molecule has 1 aromatic carbocycles. The molecule has 0 spiro atoms. The number of carbonyl (C=O) groups excluding carboxylic acids is 2. The van der Waals surface area contributed by atoms with Gasteiger partial charge in [0.1, 0.15) is 0 Å². The van der Waals surface area contributed by atoms with Crippen molar-refractivity contribution in [3.8, 4) is 0 Å². The Labute approximate surface area is 141 Å². The number of hydrogen-bond donors (Lipinski definition) is 3. The normalized spacial score (nSPS) is 16.8. The van der Waals surface area contributed by atoms with Gasteiger partial charge in [-0.05, 0) is 37.9 Å². The van der Waals surface area contributed by atoms with Crippen molar-refractivity contribution in [2.24, 2.45) is 5.73 Å². The number of anilines is 1. The second-order valence-corrected chi connectivity index (χ2v) is 6.15. The topological polar surface area (TPSA) is 84.2 Å². The maximum absolute atomic E-state index is 12.0. The van der Waals surface area contributed by atoms with Gasteiger partial charge in [0.2, 0.25) is 11.8 Å². The van der Waals surface area contributed by atoms with E-state index in [2.05, 4.69) is 10.6 Å². The molecule has 7 heteroatoms. The Morgan fingerprint density at radius 2 is 2.14 bits per heavy atom. The van der Waals surface area contributed by atoms with Crippen molar-refractivity contribution < 1.29 is 9.59 Å². The molecule has 0 radical (unpaired) electrons. The molecule has 0 aliphatic carbocycles. The quantitative estimate of drug-likeness (QED) is 0.662. The van der Waals surface area contributed by atoms with Gasteiger partial charge in [-0.25, -0.2) is 0 Å². The lowest BCUT2D eigenvalue weighted by Crippen LogP contribution is -2.23. The molecule has 1 unspecified atom stereocenters. The van der Waals surface area contributed by atoms with Gasteiger partial charge in [0, 0.05) is 17.4 Å². The maximum Gasteiger partial charge on any atom is 0.227 e. The van der Waals surface area contributed by atoms with E-state index in [0.29, 0.717) is 12.5 Å². The van der Waals surface area contributed by atoms with E-state index in [1.807, 2.05) is 24.3 Å². The van der Waals surface area contributed by atoms with Crippen LogP contribution in [0.15, 0.2) is 29.2 Å². The van der Waals surface area contributed by atoms with Crippen LogP contribution in [0.3, 0.4) is 0 Å². The average Bonchev–Trinajstić information content (AvgIpc) is 2.97. The predicted molar refractivity (Wildman–Crippen MR) is 92.5 cm³/mol. The lowest BCUT2D eigenvalue weighted by atomic mass is 10.1. The molecule has 1 aliphatic rings. The Balaban J connectivity index is 0.00000242. The summed E-state index contributed by atoms with van der Waals surface area (Å²) in [5, 5.41) is 6.30. The fourth-order valence-corrected chi connectivity index (χ4v) is 3.11. The monoisotopic (exact) mass is 343 g/mol. The summed E-state index contributed by atoms with van der Waals surface area (Å²) in [6.45, 7) is 1.05. The molecule has 0 saturated carbocycles. The third-order valence-electron chi connectivity index (χ3n) is 3.41. The molecule has 2 rings (SSSR count). The molecule has 122 valence electrons. The summed E-state index contributed by atoms with van der Waals surface area (Å²) in [7, 11) is 0. The molecule has 1 saturated heterocycles. The standard InChI is InChI=1S/C15H21N3O2S.ClH/c16-14(19)10-21-13-6-2-1-5-12(13)18-15(20)8-7-11-4-3-9-17-11;/h1-2,5-6,11,17H,3-4,7-10H2,(H2,16,19)(H,18,20);1H. The Hall–Kier alpha value is -1.24. The Kier molecular flexibility index (Phi) is 8.30. The first-order valence-corrected chi connectivity index (χ1v) is 8.17. The molecular weight excluding hydrogens is 322 g/mol. The number of nitrogens with one attached hydrogen (secondary N) is 2. The van der Waals surface area contributed by atoms with Crippen LogP contribution in [0.1, 0.15) is 25.7 Å². The Morgan fingerprint density at radius 3 is 2.82 bits per heavy atom. The first-order valence-electron chi connectivity index (χ1n) is 7.18. The van der Waals surface area contributed by atoms with Gasteiger partial charge >= 0.3 is 0 Å². The van der Waals surface area contributed by atoms with Gasteiger partial charge in [-0.3, -0.25) is 9.59 Å². The third-order valence-corrected chi connectivity index (χ3v) is 4.51. The van der Waals surface area contributed by atoms with E-state index in [1.165, 1.54) is 18.2 Å². The molecule has 0 aromatic heterocycles. The maximum atomic E-state index is 12.0. The largest absolute Gasteiger partial charge is 0.369 e. The number of hydrogen-bond acceptors (Lipinski definition) is 4. The lowest BCUT2D eigenvalue weighted by molar-refractivity contribution is -0.116. The lowest BCUT2D eigenvalue weighted by Gasteiger charge is -2.12. The van der Waals surface area contributed by atoms with Crippen molar-refractivity contribution >= 4 is 41.7 Å². The number of para-hydroxylation sites is 1. The van der Waals surface area contributed by atoms with Crippen molar-refractivity contribution in [3.63, 3.8) is 0 Å². The van der Waals surface area contributed by atoms with E-state index in [0.717, 1.165) is 30.0 Å². The van der Waals surface area contributed by atoms with Gasteiger partial charge < -0.3 is 16.4 Å². The zero-order valence-corrected chi connectivity index (χ0v) is 14.0. The summed E-state index contributed by atoms with van der Waals surface area (Å²) in [6.07, 6.45) is 3.71. The SMILES string of the molecule is Cl.NC(=O)CSc1ccccc1NC(=O)CCC1CCCN1. The van der Waals surface area contributed by atoms with Crippen LogP contribution in [-0.2, 0) is 9.59 Å². The molecule has 1 heterocycles. The number of halogens is 1. The summed E-state index contributed by atoms with van der Waals surface area (Å²) >= 11 is 1.34. The smallest absolute Gasteiger partial charge is 0.227 e. The molecule has 22 heavy (non-hydrogen) atoms. The Morgan fingerprint density at radius 1 is 1.36 bits per heavy atom. The van der Waals surface area contributed by atoms with Crippen LogP contribution < -0.4 is 16.4 Å². The third kappa shape index (κ3) is 6.25. The van der Waals surface area contributed by atoms with Gasteiger partial charge in [-0.2, -0.15) is 0 Å². The molecule has 0 bridgehead atoms. The highest BCUT2D eigenvalue weighted by Crippen LogP contribution is 2.27. The summed E-state index contributed by atoms with van der Waals surface area (Å²) < 4.78 is 0. The predicted octanol–water partition coefficient (Wildman–Crippen LogP) is 2.16. The minimum Gasteiger partial charge on any atom is -0.369 e. The van der Waals surface area contributed by atoms with Crippen LogP contribution in [0.5, 0.6) is 0 Å². The van der Waals surface area contributed by atoms with E-state index < -0.39 is 0 Å². The van der Waals surface area contributed by atoms with Crippen molar-refractivity contribution in [1.82, 2.24) is 5.32 Å². The number of thioether (sulfide) groups is 1. The second kappa shape index (κ2) is 9.71. The molecular formula is C15H22ClN3O2S. The van der Waals surface area contributed by atoms with Crippen LogP contribution >= 0.6 is 24.2 Å². The molecule has 4 N–H and O–H groups in total. The first kappa shape index (κ1) is 18.8. The molecule has 2 amide bonds. The molecule has 1 fully saturated rings. The van der Waals surface area contributed by atoms with Crippen molar-refractivity contribution in [2.75, 3.05) is 17.6 Å². The van der Waals surface area contributed by atoms with E-state index in [1.54, 1.807) is 0 Å². The minimum atomic E-state index is -0.367. The van der Waals surface area contributed by atoms with Crippen LogP contribution in [0, 0.1) is 0 Å². The van der Waals surface area contributed by atoms with Crippen LogP contribution in [0.25, 0.3) is 0 Å². The van der Waals surface area contributed by atoms with Crippen molar-refractivity contribution in [2.45, 2.75) is 36.6 Å². The van der Waals surface area contributed by atoms with Crippen molar-refractivity contribution in [1.29, 1.82) is 0 Å². The number of rotatable bonds is 7.